The fraction of sp³-hybridized carbons (Fsp3) is 0.867. The van der Waals surface area contributed by atoms with Crippen LogP contribution in [0.5, 0.6) is 0 Å². The second-order valence-corrected chi connectivity index (χ2v) is 8.91. The van der Waals surface area contributed by atoms with Crippen LogP contribution in [0.3, 0.4) is 0 Å². The average molecular weight is 405 g/mol. The Kier molecular flexibility index (Phi) is 3.10. The van der Waals surface area contributed by atoms with Gasteiger partial charge in [0.2, 0.25) is 0 Å². The molecule has 4 saturated carbocycles. The van der Waals surface area contributed by atoms with Gasteiger partial charge in [0.1, 0.15) is 9.53 Å². The monoisotopic (exact) mass is 405 g/mol. The van der Waals surface area contributed by atoms with Crippen LogP contribution in [0.1, 0.15) is 38.5 Å². The molecule has 1 aliphatic heterocycles. The molecule has 4 aliphatic carbocycles. The number of alkyl halides is 1. The van der Waals surface area contributed by atoms with Crippen molar-refractivity contribution in [1.82, 2.24) is 5.32 Å². The van der Waals surface area contributed by atoms with Crippen molar-refractivity contribution < 1.29 is 19.4 Å². The molecular formula is C15H20INO4. The molecule has 5 nitrogen and oxygen atoms in total. The lowest BCUT2D eigenvalue weighted by Crippen LogP contribution is -2.60. The number of rotatable bonds is 4. The fourth-order valence-electron chi connectivity index (χ4n) is 5.26. The molecule has 0 amide bonds. The van der Waals surface area contributed by atoms with Crippen molar-refractivity contribution in [2.45, 2.75) is 54.1 Å². The summed E-state index contributed by atoms with van der Waals surface area (Å²) in [6, 6.07) is 0.237. The van der Waals surface area contributed by atoms with E-state index in [9.17, 15) is 14.7 Å². The quantitative estimate of drug-likeness (QED) is 0.322. The number of aliphatic carboxylic acids is 1. The van der Waals surface area contributed by atoms with Crippen molar-refractivity contribution in [3.8, 4) is 0 Å². The number of esters is 1. The summed E-state index contributed by atoms with van der Waals surface area (Å²) in [5, 5.41) is 12.8. The van der Waals surface area contributed by atoms with Gasteiger partial charge in [0.15, 0.2) is 0 Å². The summed E-state index contributed by atoms with van der Waals surface area (Å²) < 4.78 is 5.78. The highest BCUT2D eigenvalue weighted by atomic mass is 127. The highest BCUT2D eigenvalue weighted by Gasteiger charge is 2.62. The number of carboxylic acids is 1. The number of carboxylic acid groups (broad SMARTS) is 1. The summed E-state index contributed by atoms with van der Waals surface area (Å²) in [6.45, 7) is 0.875. The van der Waals surface area contributed by atoms with E-state index in [2.05, 4.69) is 27.9 Å². The van der Waals surface area contributed by atoms with Gasteiger partial charge in [-0.25, -0.2) is 0 Å². The van der Waals surface area contributed by atoms with Crippen molar-refractivity contribution in [3.05, 3.63) is 0 Å². The normalized spacial score (nSPS) is 48.0. The third kappa shape index (κ3) is 2.29. The lowest BCUT2D eigenvalue weighted by Gasteiger charge is -2.59. The van der Waals surface area contributed by atoms with Gasteiger partial charge in [0.25, 0.3) is 0 Å². The first-order chi connectivity index (χ1) is 9.91. The molecule has 0 radical (unpaired) electrons. The number of ether oxygens (including phenoxy) is 1. The smallest absolute Gasteiger partial charge is 0.321 e. The topological polar surface area (TPSA) is 85.5 Å². The molecule has 1 saturated heterocycles. The third-order valence-electron chi connectivity index (χ3n) is 5.80. The van der Waals surface area contributed by atoms with Crippen molar-refractivity contribution >= 4 is 34.5 Å². The maximum Gasteiger partial charge on any atom is 0.321 e. The first-order valence-corrected chi connectivity index (χ1v) is 9.00. The van der Waals surface area contributed by atoms with Crippen LogP contribution in [-0.4, -0.2) is 39.2 Å². The standard InChI is InChI=1S/C15H20INO4/c16-11(10-6-17-10)12(18)21-15-4-8-1-9(5-15)3-14(2-8,7-15)13(19)20/h8-11,17H,1-7H2,(H,19,20). The van der Waals surface area contributed by atoms with Gasteiger partial charge >= 0.3 is 11.9 Å². The van der Waals surface area contributed by atoms with Gasteiger partial charge in [0, 0.05) is 19.0 Å². The maximum atomic E-state index is 12.4. The number of hydrogen-bond donors (Lipinski definition) is 2. The van der Waals surface area contributed by atoms with E-state index in [4.69, 9.17) is 4.74 Å². The highest BCUT2D eigenvalue weighted by molar-refractivity contribution is 14.1. The number of nitrogens with one attached hydrogen (secondary N) is 1. The molecule has 0 spiro atoms. The molecule has 2 N–H and O–H groups in total. The third-order valence-corrected chi connectivity index (χ3v) is 7.17. The Morgan fingerprint density at radius 3 is 2.38 bits per heavy atom. The minimum Gasteiger partial charge on any atom is -0.481 e. The Morgan fingerprint density at radius 1 is 1.24 bits per heavy atom. The maximum absolute atomic E-state index is 12.4. The first kappa shape index (κ1) is 14.2. The van der Waals surface area contributed by atoms with Crippen LogP contribution in [0, 0.1) is 17.3 Å². The van der Waals surface area contributed by atoms with E-state index in [1.54, 1.807) is 0 Å². The Balaban J connectivity index is 1.56. The van der Waals surface area contributed by atoms with Crippen molar-refractivity contribution in [2.75, 3.05) is 6.54 Å². The van der Waals surface area contributed by atoms with Crippen LogP contribution in [0.4, 0.5) is 0 Å². The van der Waals surface area contributed by atoms with E-state index in [0.717, 1.165) is 38.6 Å². The predicted molar refractivity (Wildman–Crippen MR) is 83.2 cm³/mol. The van der Waals surface area contributed by atoms with E-state index in [0.29, 0.717) is 18.3 Å². The van der Waals surface area contributed by atoms with Gasteiger partial charge in [-0.3, -0.25) is 9.59 Å². The SMILES string of the molecule is O=C(OC12CC3CC(C1)CC(C(=O)O)(C3)C2)C(I)C1CN1. The van der Waals surface area contributed by atoms with E-state index < -0.39 is 17.0 Å². The summed E-state index contributed by atoms with van der Waals surface area (Å²) in [5.74, 6) is -0.0104. The van der Waals surface area contributed by atoms with Crippen LogP contribution in [-0.2, 0) is 14.3 Å². The number of hydrogen-bond acceptors (Lipinski definition) is 4. The second-order valence-electron chi connectivity index (χ2n) is 7.57. The molecular weight excluding hydrogens is 385 g/mol. The summed E-state index contributed by atoms with van der Waals surface area (Å²) in [6.07, 6.45) is 4.92. The minimum atomic E-state index is -0.688. The molecule has 1 heterocycles. The number of carbonyl (C=O) groups excluding carboxylic acids is 1. The molecule has 0 aromatic rings. The summed E-state index contributed by atoms with van der Waals surface area (Å²) in [7, 11) is 0. The van der Waals surface area contributed by atoms with E-state index in [-0.39, 0.29) is 15.9 Å². The van der Waals surface area contributed by atoms with E-state index in [1.807, 2.05) is 0 Å². The Hall–Kier alpha value is -0.370. The van der Waals surface area contributed by atoms with E-state index in [1.165, 1.54) is 0 Å². The zero-order valence-corrected chi connectivity index (χ0v) is 14.0. The Bertz CT molecular complexity index is 490. The van der Waals surface area contributed by atoms with E-state index >= 15 is 0 Å². The molecule has 0 aromatic heterocycles. The Labute approximate surface area is 137 Å². The molecule has 4 atom stereocenters. The summed E-state index contributed by atoms with van der Waals surface area (Å²) >= 11 is 2.14. The zero-order chi connectivity index (χ0) is 14.8. The Morgan fingerprint density at radius 2 is 1.86 bits per heavy atom. The predicted octanol–water partition coefficient (Wildman–Crippen LogP) is 1.73. The molecule has 116 valence electrons. The van der Waals surface area contributed by atoms with Gasteiger partial charge in [-0.2, -0.15) is 0 Å². The fourth-order valence-corrected chi connectivity index (χ4v) is 5.89. The summed E-state index contributed by atoms with van der Waals surface area (Å²) in [5.41, 5.74) is -1.14. The molecule has 5 rings (SSSR count). The van der Waals surface area contributed by atoms with Crippen molar-refractivity contribution in [2.24, 2.45) is 17.3 Å². The van der Waals surface area contributed by atoms with Gasteiger partial charge in [0.05, 0.1) is 5.41 Å². The van der Waals surface area contributed by atoms with Gasteiger partial charge < -0.3 is 15.2 Å². The molecule has 5 aliphatic rings. The second kappa shape index (κ2) is 4.57. The number of carbonyl (C=O) groups is 2. The summed E-state index contributed by atoms with van der Waals surface area (Å²) in [4.78, 5) is 24.1. The number of halogens is 1. The first-order valence-electron chi connectivity index (χ1n) is 7.75. The molecule has 0 aromatic carbocycles. The van der Waals surface area contributed by atoms with Crippen LogP contribution in [0.2, 0.25) is 0 Å². The largest absolute Gasteiger partial charge is 0.481 e. The van der Waals surface area contributed by atoms with Crippen LogP contribution in [0.15, 0.2) is 0 Å². The zero-order valence-electron chi connectivity index (χ0n) is 11.8. The van der Waals surface area contributed by atoms with Crippen LogP contribution < -0.4 is 5.32 Å². The highest BCUT2D eigenvalue weighted by Crippen LogP contribution is 2.63. The average Bonchev–Trinajstić information content (AvgIpc) is 3.19. The molecule has 21 heavy (non-hydrogen) atoms. The van der Waals surface area contributed by atoms with Crippen LogP contribution >= 0.6 is 22.6 Å². The van der Waals surface area contributed by atoms with Gasteiger partial charge in [-0.1, -0.05) is 22.6 Å². The van der Waals surface area contributed by atoms with Gasteiger partial charge in [-0.05, 0) is 43.9 Å². The molecule has 4 unspecified atom stereocenters. The lowest BCUT2D eigenvalue weighted by atomic mass is 9.48. The minimum absolute atomic E-state index is 0.156. The van der Waals surface area contributed by atoms with Crippen LogP contribution in [0.25, 0.3) is 0 Å². The molecule has 5 fully saturated rings. The van der Waals surface area contributed by atoms with Gasteiger partial charge in [-0.15, -0.1) is 0 Å². The van der Waals surface area contributed by atoms with Crippen molar-refractivity contribution in [3.63, 3.8) is 0 Å². The molecule has 6 heteroatoms. The molecule has 4 bridgehead atoms. The lowest BCUT2D eigenvalue weighted by molar-refractivity contribution is -0.209. The van der Waals surface area contributed by atoms with Crippen molar-refractivity contribution in [1.29, 1.82) is 0 Å².